The van der Waals surface area contributed by atoms with Crippen molar-refractivity contribution in [1.82, 2.24) is 0 Å². The van der Waals surface area contributed by atoms with Gasteiger partial charge in [0.1, 0.15) is 0 Å². The molecule has 0 amide bonds. The second-order valence-electron chi connectivity index (χ2n) is 4.70. The summed E-state index contributed by atoms with van der Waals surface area (Å²) in [5.41, 5.74) is 7.70. The Morgan fingerprint density at radius 2 is 1.81 bits per heavy atom. The molecule has 1 atom stereocenters. The van der Waals surface area contributed by atoms with Crippen molar-refractivity contribution >= 4 is 5.57 Å². The van der Waals surface area contributed by atoms with Crippen molar-refractivity contribution in [3.8, 4) is 0 Å². The lowest BCUT2D eigenvalue weighted by Gasteiger charge is -2.09. The highest BCUT2D eigenvalue weighted by Crippen LogP contribution is 2.41. The molecule has 0 aromatic heterocycles. The standard InChI is InChI=1S/C14H16.C2H6/c1-9-3-5-13-11(9)7-8-12-10(2)4-6-14(12)13;1-2/h7-8,10H,1,3-6H2,2H3;1-2H3. The third-order valence-corrected chi connectivity index (χ3v) is 3.88. The van der Waals surface area contributed by atoms with E-state index in [0.717, 1.165) is 5.92 Å². The van der Waals surface area contributed by atoms with Gasteiger partial charge in [0.05, 0.1) is 0 Å². The van der Waals surface area contributed by atoms with Gasteiger partial charge in [0, 0.05) is 0 Å². The van der Waals surface area contributed by atoms with Gasteiger partial charge in [-0.25, -0.2) is 0 Å². The number of rotatable bonds is 0. The fraction of sp³-hybridized carbons (Fsp3) is 0.500. The van der Waals surface area contributed by atoms with Crippen LogP contribution in [0.2, 0.25) is 0 Å². The first-order valence-corrected chi connectivity index (χ1v) is 6.60. The Bertz CT molecular complexity index is 412. The van der Waals surface area contributed by atoms with Gasteiger partial charge < -0.3 is 0 Å². The van der Waals surface area contributed by atoms with Crippen molar-refractivity contribution in [2.24, 2.45) is 0 Å². The predicted octanol–water partition coefficient (Wildman–Crippen LogP) is 4.72. The summed E-state index contributed by atoms with van der Waals surface area (Å²) in [6.07, 6.45) is 5.06. The summed E-state index contributed by atoms with van der Waals surface area (Å²) in [5, 5.41) is 0. The molecule has 0 fully saturated rings. The van der Waals surface area contributed by atoms with Crippen LogP contribution < -0.4 is 0 Å². The van der Waals surface area contributed by atoms with E-state index in [-0.39, 0.29) is 0 Å². The Hall–Kier alpha value is -1.04. The largest absolute Gasteiger partial charge is 0.0952 e. The Kier molecular flexibility index (Phi) is 3.18. The highest BCUT2D eigenvalue weighted by molar-refractivity contribution is 5.73. The quantitative estimate of drug-likeness (QED) is 0.586. The molecule has 2 aliphatic rings. The molecule has 0 heteroatoms. The molecule has 0 spiro atoms. The van der Waals surface area contributed by atoms with Crippen molar-refractivity contribution in [3.05, 3.63) is 41.0 Å². The predicted molar refractivity (Wildman–Crippen MR) is 71.9 cm³/mol. The number of hydrogen-bond acceptors (Lipinski definition) is 0. The monoisotopic (exact) mass is 214 g/mol. The first-order chi connectivity index (χ1) is 7.77. The fourth-order valence-corrected chi connectivity index (χ4v) is 3.01. The van der Waals surface area contributed by atoms with Crippen LogP contribution in [0.1, 0.15) is 61.8 Å². The molecular weight excluding hydrogens is 192 g/mol. The van der Waals surface area contributed by atoms with Crippen molar-refractivity contribution in [1.29, 1.82) is 0 Å². The summed E-state index contributed by atoms with van der Waals surface area (Å²) in [6, 6.07) is 4.63. The van der Waals surface area contributed by atoms with Crippen LogP contribution in [0.25, 0.3) is 5.57 Å². The third kappa shape index (κ3) is 1.61. The highest BCUT2D eigenvalue weighted by Gasteiger charge is 2.25. The second-order valence-corrected chi connectivity index (χ2v) is 4.70. The van der Waals surface area contributed by atoms with Crippen molar-refractivity contribution in [2.45, 2.75) is 52.4 Å². The average Bonchev–Trinajstić information content (AvgIpc) is 2.87. The van der Waals surface area contributed by atoms with Crippen LogP contribution in [0, 0.1) is 0 Å². The molecular formula is C16H22. The molecule has 1 unspecified atom stereocenters. The maximum atomic E-state index is 4.14. The molecule has 0 bridgehead atoms. The summed E-state index contributed by atoms with van der Waals surface area (Å²) in [7, 11) is 0. The lowest BCUT2D eigenvalue weighted by Crippen LogP contribution is -1.92. The van der Waals surface area contributed by atoms with Crippen molar-refractivity contribution in [3.63, 3.8) is 0 Å². The van der Waals surface area contributed by atoms with Gasteiger partial charge in [0.25, 0.3) is 0 Å². The molecule has 0 nitrogen and oxygen atoms in total. The topological polar surface area (TPSA) is 0 Å². The van der Waals surface area contributed by atoms with Gasteiger partial charge in [-0.15, -0.1) is 0 Å². The average molecular weight is 214 g/mol. The summed E-state index contributed by atoms with van der Waals surface area (Å²) >= 11 is 0. The maximum Gasteiger partial charge on any atom is -0.0184 e. The Morgan fingerprint density at radius 1 is 1.06 bits per heavy atom. The van der Waals surface area contributed by atoms with E-state index >= 15 is 0 Å². The molecule has 1 aromatic carbocycles. The van der Waals surface area contributed by atoms with E-state index in [4.69, 9.17) is 0 Å². The van der Waals surface area contributed by atoms with Crippen molar-refractivity contribution in [2.75, 3.05) is 0 Å². The summed E-state index contributed by atoms with van der Waals surface area (Å²) < 4.78 is 0. The minimum absolute atomic E-state index is 0.782. The van der Waals surface area contributed by atoms with E-state index in [2.05, 4.69) is 25.6 Å². The third-order valence-electron chi connectivity index (χ3n) is 3.88. The van der Waals surface area contributed by atoms with Gasteiger partial charge in [0.15, 0.2) is 0 Å². The first kappa shape index (κ1) is 11.4. The van der Waals surface area contributed by atoms with Crippen LogP contribution in [0.4, 0.5) is 0 Å². The van der Waals surface area contributed by atoms with Crippen LogP contribution in [-0.4, -0.2) is 0 Å². The Balaban J connectivity index is 0.000000457. The van der Waals surface area contributed by atoms with E-state index in [0.29, 0.717) is 0 Å². The molecule has 16 heavy (non-hydrogen) atoms. The van der Waals surface area contributed by atoms with Gasteiger partial charge in [0.2, 0.25) is 0 Å². The van der Waals surface area contributed by atoms with Gasteiger partial charge in [-0.3, -0.25) is 0 Å². The molecule has 3 rings (SSSR count). The van der Waals surface area contributed by atoms with Gasteiger partial charge in [-0.1, -0.05) is 39.5 Å². The molecule has 0 radical (unpaired) electrons. The van der Waals surface area contributed by atoms with Crippen LogP contribution in [0.15, 0.2) is 18.7 Å². The second kappa shape index (κ2) is 4.45. The summed E-state index contributed by atoms with van der Waals surface area (Å²) in [6.45, 7) is 10.5. The van der Waals surface area contributed by atoms with Crippen molar-refractivity contribution < 1.29 is 0 Å². The SMILES string of the molecule is C=C1CCc2c1ccc1c2CCC1C.CC. The fourth-order valence-electron chi connectivity index (χ4n) is 3.01. The van der Waals surface area contributed by atoms with Gasteiger partial charge in [-0.2, -0.15) is 0 Å². The van der Waals surface area contributed by atoms with Crippen LogP contribution in [0.3, 0.4) is 0 Å². The minimum atomic E-state index is 0.782. The van der Waals surface area contributed by atoms with E-state index in [1.54, 1.807) is 16.7 Å². The van der Waals surface area contributed by atoms with E-state index in [1.807, 2.05) is 13.8 Å². The first-order valence-electron chi connectivity index (χ1n) is 6.60. The van der Waals surface area contributed by atoms with Crippen LogP contribution in [-0.2, 0) is 12.8 Å². The van der Waals surface area contributed by atoms with Gasteiger partial charge in [-0.05, 0) is 59.4 Å². The zero-order valence-electron chi connectivity index (χ0n) is 10.8. The molecule has 0 saturated carbocycles. The smallest absolute Gasteiger partial charge is 0.0184 e. The molecule has 86 valence electrons. The lowest BCUT2D eigenvalue weighted by atomic mass is 9.96. The molecule has 2 aliphatic carbocycles. The Labute approximate surface area is 99.4 Å². The molecule has 1 aromatic rings. The lowest BCUT2D eigenvalue weighted by molar-refractivity contribution is 0.747. The van der Waals surface area contributed by atoms with E-state index < -0.39 is 0 Å². The summed E-state index contributed by atoms with van der Waals surface area (Å²) in [5.74, 6) is 0.782. The Morgan fingerprint density at radius 3 is 2.56 bits per heavy atom. The van der Waals surface area contributed by atoms with Crippen LogP contribution >= 0.6 is 0 Å². The highest BCUT2D eigenvalue weighted by atomic mass is 14.3. The summed E-state index contributed by atoms with van der Waals surface area (Å²) in [4.78, 5) is 0. The minimum Gasteiger partial charge on any atom is -0.0952 e. The molecule has 0 heterocycles. The maximum absolute atomic E-state index is 4.14. The van der Waals surface area contributed by atoms with E-state index in [9.17, 15) is 0 Å². The number of allylic oxidation sites excluding steroid dienone is 1. The molecule has 0 aliphatic heterocycles. The van der Waals surface area contributed by atoms with E-state index in [1.165, 1.54) is 36.8 Å². The zero-order chi connectivity index (χ0) is 11.7. The van der Waals surface area contributed by atoms with Gasteiger partial charge >= 0.3 is 0 Å². The normalized spacial score (nSPS) is 21.2. The molecule has 0 N–H and O–H groups in total. The molecule has 0 saturated heterocycles. The van der Waals surface area contributed by atoms with Crippen LogP contribution in [0.5, 0.6) is 0 Å². The zero-order valence-corrected chi connectivity index (χ0v) is 10.8. The number of fused-ring (bicyclic) bond motifs is 3. The number of hydrogen-bond donors (Lipinski definition) is 0. The number of benzene rings is 1.